The Balaban J connectivity index is 2.11. The van der Waals surface area contributed by atoms with Gasteiger partial charge in [-0.05, 0) is 54.4 Å². The number of hydrogen-bond donors (Lipinski definition) is 6. The number of anilines is 1. The second-order valence-electron chi connectivity index (χ2n) is 13.2. The second-order valence-corrected chi connectivity index (χ2v) is 14.2. The van der Waals surface area contributed by atoms with E-state index < -0.39 is 71.2 Å². The van der Waals surface area contributed by atoms with Crippen molar-refractivity contribution in [2.75, 3.05) is 25.5 Å². The number of nitrogens with one attached hydrogen (secondary N) is 5. The third-order valence-corrected chi connectivity index (χ3v) is 9.42. The Kier molecular flexibility index (Phi) is 16.1. The van der Waals surface area contributed by atoms with Crippen LogP contribution in [0, 0.1) is 36.3 Å². The van der Waals surface area contributed by atoms with Gasteiger partial charge in [0.1, 0.15) is 28.7 Å². The van der Waals surface area contributed by atoms with Gasteiger partial charge < -0.3 is 37.1 Å². The number of ether oxygens (including phenoxy) is 1. The number of nitrogens with two attached hydrogens (primary N) is 1. The summed E-state index contributed by atoms with van der Waals surface area (Å²) >= 11 is 0.822. The molecule has 1 heterocycles. The summed E-state index contributed by atoms with van der Waals surface area (Å²) in [5, 5.41) is 13.4. The molecule has 51 heavy (non-hydrogen) atoms. The van der Waals surface area contributed by atoms with E-state index in [9.17, 15) is 37.5 Å². The highest BCUT2D eigenvalue weighted by Gasteiger charge is 2.32. The summed E-state index contributed by atoms with van der Waals surface area (Å²) in [6.07, 6.45) is 0.189. The first-order chi connectivity index (χ1) is 23.8. The molecule has 0 spiro atoms. The highest BCUT2D eigenvalue weighted by atomic mass is 32.1. The molecule has 1 aromatic carbocycles. The zero-order valence-corrected chi connectivity index (χ0v) is 31.3. The van der Waals surface area contributed by atoms with Crippen LogP contribution in [-0.4, -0.2) is 73.8 Å². The third-order valence-electron chi connectivity index (χ3n) is 8.22. The van der Waals surface area contributed by atoms with Crippen LogP contribution in [0.5, 0.6) is 0 Å². The van der Waals surface area contributed by atoms with Crippen molar-refractivity contribution in [3.63, 3.8) is 0 Å². The molecule has 0 radical (unpaired) electrons. The molecule has 7 N–H and O–H groups in total. The molecule has 16 heteroatoms. The van der Waals surface area contributed by atoms with Crippen molar-refractivity contribution in [3.8, 4) is 0 Å². The standard InChI is InChI=1S/C35H50F2N6O7S/c1-10-23(20-13-21(36)15-22(37)14-20)29(44)43-34-24(35(49)50-9)19(8)28(51-34)33(48)40-12-11-39-31(46)26(17(4)5)42-32(47)27(18(6)7)41-30(45)25(38)16(2)3/h13-18,23,25-27H,10-12,38H2,1-9H3,(H,39,46)(H,40,48)(H,41,45)(H,42,47)(H,43,44)/t23?,25-,26-,27-/m0/s1. The second kappa shape index (κ2) is 19.2. The summed E-state index contributed by atoms with van der Waals surface area (Å²) in [6.45, 7) is 13.7. The molecule has 1 aromatic heterocycles. The zero-order chi connectivity index (χ0) is 38.7. The fourth-order valence-corrected chi connectivity index (χ4v) is 6.25. The Hall–Kier alpha value is -4.44. The minimum Gasteiger partial charge on any atom is -0.465 e. The molecule has 0 fully saturated rings. The number of thiophene rings is 1. The van der Waals surface area contributed by atoms with Gasteiger partial charge >= 0.3 is 5.97 Å². The van der Waals surface area contributed by atoms with E-state index in [1.165, 1.54) is 6.92 Å². The highest BCUT2D eigenvalue weighted by molar-refractivity contribution is 7.18. The minimum atomic E-state index is -0.957. The van der Waals surface area contributed by atoms with Gasteiger partial charge in [0.2, 0.25) is 23.6 Å². The summed E-state index contributed by atoms with van der Waals surface area (Å²) in [7, 11) is 1.14. The van der Waals surface area contributed by atoms with Crippen molar-refractivity contribution in [2.45, 2.75) is 85.9 Å². The molecule has 0 aliphatic heterocycles. The van der Waals surface area contributed by atoms with Crippen LogP contribution < -0.4 is 32.3 Å². The first-order valence-electron chi connectivity index (χ1n) is 16.7. The van der Waals surface area contributed by atoms with E-state index in [0.29, 0.717) is 6.07 Å². The topological polar surface area (TPSA) is 198 Å². The van der Waals surface area contributed by atoms with Gasteiger partial charge in [-0.1, -0.05) is 48.5 Å². The fraction of sp³-hybridized carbons (Fsp3) is 0.543. The van der Waals surface area contributed by atoms with E-state index in [0.717, 1.165) is 30.6 Å². The quantitative estimate of drug-likeness (QED) is 0.105. The lowest BCUT2D eigenvalue weighted by Crippen LogP contribution is -2.59. The summed E-state index contributed by atoms with van der Waals surface area (Å²) in [4.78, 5) is 78.0. The summed E-state index contributed by atoms with van der Waals surface area (Å²) in [5.74, 6) is -6.96. The molecule has 4 atom stereocenters. The van der Waals surface area contributed by atoms with Crippen LogP contribution in [0.25, 0.3) is 0 Å². The van der Waals surface area contributed by atoms with Crippen LogP contribution in [0.3, 0.4) is 0 Å². The predicted octanol–water partition coefficient (Wildman–Crippen LogP) is 3.36. The van der Waals surface area contributed by atoms with E-state index in [2.05, 4.69) is 26.6 Å². The van der Waals surface area contributed by atoms with Crippen LogP contribution in [0.15, 0.2) is 18.2 Å². The highest BCUT2D eigenvalue weighted by Crippen LogP contribution is 2.35. The van der Waals surface area contributed by atoms with E-state index in [1.54, 1.807) is 48.5 Å². The maximum atomic E-state index is 13.9. The van der Waals surface area contributed by atoms with E-state index in [1.807, 2.05) is 0 Å². The number of benzene rings is 1. The maximum Gasteiger partial charge on any atom is 0.341 e. The summed E-state index contributed by atoms with van der Waals surface area (Å²) < 4.78 is 32.6. The van der Waals surface area contributed by atoms with Crippen LogP contribution >= 0.6 is 11.3 Å². The van der Waals surface area contributed by atoms with Gasteiger partial charge in [-0.25, -0.2) is 13.6 Å². The molecule has 2 aromatic rings. The number of esters is 1. The Morgan fingerprint density at radius 2 is 1.31 bits per heavy atom. The number of rotatable bonds is 17. The lowest BCUT2D eigenvalue weighted by Gasteiger charge is -2.28. The normalized spacial score (nSPS) is 13.6. The monoisotopic (exact) mass is 736 g/mol. The number of carbonyl (C=O) groups is 6. The molecular weight excluding hydrogens is 686 g/mol. The molecule has 0 aliphatic carbocycles. The van der Waals surface area contributed by atoms with Crippen molar-refractivity contribution >= 4 is 51.8 Å². The zero-order valence-electron chi connectivity index (χ0n) is 30.5. The van der Waals surface area contributed by atoms with Crippen molar-refractivity contribution in [1.82, 2.24) is 21.3 Å². The number of amides is 5. The number of carbonyl (C=O) groups excluding carboxylic acids is 6. The SMILES string of the molecule is CCC(C(=O)Nc1sc(C(=O)NCCNC(=O)[C@@H](NC(=O)[C@@H](NC(=O)[C@@H](N)C(C)C)C(C)C)C(C)C)c(C)c1C(=O)OC)c1cc(F)cc(F)c1. The lowest BCUT2D eigenvalue weighted by molar-refractivity contribution is -0.134. The van der Waals surface area contributed by atoms with Gasteiger partial charge in [-0.3, -0.25) is 24.0 Å². The minimum absolute atomic E-state index is 0.0164. The molecule has 2 rings (SSSR count). The molecular formula is C35H50F2N6O7S. The predicted molar refractivity (Wildman–Crippen MR) is 190 cm³/mol. The molecule has 282 valence electrons. The Bertz CT molecular complexity index is 1580. The number of halogens is 2. The molecule has 0 saturated carbocycles. The molecule has 5 amide bonds. The van der Waals surface area contributed by atoms with Crippen LogP contribution in [0.1, 0.15) is 92.0 Å². The molecule has 0 aliphatic rings. The van der Waals surface area contributed by atoms with Gasteiger partial charge in [0.25, 0.3) is 5.91 Å². The lowest BCUT2D eigenvalue weighted by atomic mass is 9.95. The first-order valence-corrected chi connectivity index (χ1v) is 17.6. The number of hydrogen-bond acceptors (Lipinski definition) is 9. The van der Waals surface area contributed by atoms with Crippen LogP contribution in [-0.2, 0) is 23.9 Å². The van der Waals surface area contributed by atoms with E-state index in [4.69, 9.17) is 10.5 Å². The Morgan fingerprint density at radius 1 is 0.784 bits per heavy atom. The van der Waals surface area contributed by atoms with Crippen molar-refractivity contribution < 1.29 is 42.3 Å². The summed E-state index contributed by atoms with van der Waals surface area (Å²) in [6, 6.07) is 0.126. The average molecular weight is 737 g/mol. The molecule has 1 unspecified atom stereocenters. The van der Waals surface area contributed by atoms with Crippen molar-refractivity contribution in [3.05, 3.63) is 51.4 Å². The Labute approximate surface area is 301 Å². The van der Waals surface area contributed by atoms with Gasteiger partial charge in [0, 0.05) is 19.2 Å². The number of methoxy groups -OCH3 is 1. The van der Waals surface area contributed by atoms with Crippen LogP contribution in [0.2, 0.25) is 0 Å². The average Bonchev–Trinajstić information content (AvgIpc) is 3.37. The molecule has 13 nitrogen and oxygen atoms in total. The van der Waals surface area contributed by atoms with Crippen molar-refractivity contribution in [2.24, 2.45) is 23.5 Å². The molecule has 0 saturated heterocycles. The Morgan fingerprint density at radius 3 is 1.82 bits per heavy atom. The smallest absolute Gasteiger partial charge is 0.341 e. The molecule has 0 bridgehead atoms. The summed E-state index contributed by atoms with van der Waals surface area (Å²) in [5.41, 5.74) is 6.23. The van der Waals surface area contributed by atoms with Gasteiger partial charge in [-0.15, -0.1) is 11.3 Å². The van der Waals surface area contributed by atoms with Gasteiger partial charge in [0.05, 0.1) is 29.5 Å². The van der Waals surface area contributed by atoms with Gasteiger partial charge in [0.15, 0.2) is 0 Å². The van der Waals surface area contributed by atoms with Crippen molar-refractivity contribution in [1.29, 1.82) is 0 Å². The van der Waals surface area contributed by atoms with Gasteiger partial charge in [-0.2, -0.15) is 0 Å². The van der Waals surface area contributed by atoms with E-state index >= 15 is 0 Å². The fourth-order valence-electron chi connectivity index (χ4n) is 5.13. The van der Waals surface area contributed by atoms with Crippen LogP contribution in [0.4, 0.5) is 13.8 Å². The first kappa shape index (κ1) is 42.7. The largest absolute Gasteiger partial charge is 0.465 e. The third kappa shape index (κ3) is 11.5. The maximum absolute atomic E-state index is 13.9. The van der Waals surface area contributed by atoms with E-state index in [-0.39, 0.29) is 63.8 Å².